The number of nitrogens with zero attached hydrogens (tertiary/aromatic N) is 1. The first-order chi connectivity index (χ1) is 12.4. The van der Waals surface area contributed by atoms with Gasteiger partial charge in [0.05, 0.1) is 25.5 Å². The molecule has 2 aromatic carbocycles. The summed E-state index contributed by atoms with van der Waals surface area (Å²) in [7, 11) is 3.04. The lowest BCUT2D eigenvalue weighted by atomic mass is 10.2. The van der Waals surface area contributed by atoms with Gasteiger partial charge in [0.2, 0.25) is 0 Å². The number of hydrogen-bond acceptors (Lipinski definition) is 5. The number of rotatable bonds is 7. The quantitative estimate of drug-likeness (QED) is 0.569. The zero-order chi connectivity index (χ0) is 19.1. The first kappa shape index (κ1) is 19.9. The zero-order valence-corrected chi connectivity index (χ0v) is 16.0. The van der Waals surface area contributed by atoms with Crippen molar-refractivity contribution in [2.75, 3.05) is 20.8 Å². The summed E-state index contributed by atoms with van der Waals surface area (Å²) >= 11 is 12.1. The van der Waals surface area contributed by atoms with E-state index in [1.54, 1.807) is 30.3 Å². The van der Waals surface area contributed by atoms with E-state index in [9.17, 15) is 4.79 Å². The second kappa shape index (κ2) is 9.31. The fraction of sp³-hybridized carbons (Fsp3) is 0.222. The standard InChI is InChI=1S/C18H18Cl2N2O4/c1-11-6-13(4-5-14(11)19)26-10-18(23)22-21-9-12-7-16(24-2)17(25-3)8-15(12)20/h4-9H,10H2,1-3H3,(H,22,23)/b21-9+. The molecule has 2 rings (SSSR count). The second-order valence-electron chi connectivity index (χ2n) is 5.22. The second-order valence-corrected chi connectivity index (χ2v) is 6.04. The molecule has 0 aliphatic carbocycles. The topological polar surface area (TPSA) is 69.2 Å². The van der Waals surface area contributed by atoms with E-state index >= 15 is 0 Å². The van der Waals surface area contributed by atoms with Crippen molar-refractivity contribution in [2.24, 2.45) is 5.10 Å². The number of ether oxygens (including phenoxy) is 3. The number of carbonyl (C=O) groups excluding carboxylic acids is 1. The molecule has 0 radical (unpaired) electrons. The van der Waals surface area contributed by atoms with Crippen molar-refractivity contribution in [1.82, 2.24) is 5.43 Å². The molecule has 0 heterocycles. The van der Waals surface area contributed by atoms with Crippen molar-refractivity contribution in [2.45, 2.75) is 6.92 Å². The van der Waals surface area contributed by atoms with Gasteiger partial charge in [-0.3, -0.25) is 4.79 Å². The van der Waals surface area contributed by atoms with Gasteiger partial charge in [-0.2, -0.15) is 5.10 Å². The highest BCUT2D eigenvalue weighted by Crippen LogP contribution is 2.32. The van der Waals surface area contributed by atoms with Crippen LogP contribution >= 0.6 is 23.2 Å². The fourth-order valence-corrected chi connectivity index (χ4v) is 2.35. The zero-order valence-electron chi connectivity index (χ0n) is 14.5. The monoisotopic (exact) mass is 396 g/mol. The van der Waals surface area contributed by atoms with Crippen LogP contribution in [-0.4, -0.2) is 32.9 Å². The summed E-state index contributed by atoms with van der Waals surface area (Å²) < 4.78 is 15.7. The van der Waals surface area contributed by atoms with Gasteiger partial charge >= 0.3 is 0 Å². The molecule has 0 fully saturated rings. The number of hydrogen-bond donors (Lipinski definition) is 1. The molecule has 0 spiro atoms. The Labute approximate surface area is 161 Å². The summed E-state index contributed by atoms with van der Waals surface area (Å²) in [5.74, 6) is 1.15. The lowest BCUT2D eigenvalue weighted by Crippen LogP contribution is -2.24. The van der Waals surface area contributed by atoms with Gasteiger partial charge in [-0.1, -0.05) is 23.2 Å². The Morgan fingerprint density at radius 1 is 1.12 bits per heavy atom. The number of hydrazone groups is 1. The predicted molar refractivity (Wildman–Crippen MR) is 102 cm³/mol. The van der Waals surface area contributed by atoms with Gasteiger partial charge in [0.25, 0.3) is 5.91 Å². The van der Waals surface area contributed by atoms with Crippen LogP contribution in [-0.2, 0) is 4.79 Å². The van der Waals surface area contributed by atoms with Crippen molar-refractivity contribution < 1.29 is 19.0 Å². The largest absolute Gasteiger partial charge is 0.493 e. The Kier molecular flexibility index (Phi) is 7.12. The Morgan fingerprint density at radius 3 is 2.46 bits per heavy atom. The maximum absolute atomic E-state index is 11.8. The molecule has 0 bridgehead atoms. The van der Waals surface area contributed by atoms with Gasteiger partial charge in [-0.15, -0.1) is 0 Å². The number of carbonyl (C=O) groups is 1. The van der Waals surface area contributed by atoms with E-state index in [2.05, 4.69) is 10.5 Å². The molecule has 0 atom stereocenters. The van der Waals surface area contributed by atoms with Crippen LogP contribution in [0.1, 0.15) is 11.1 Å². The van der Waals surface area contributed by atoms with Crippen molar-refractivity contribution >= 4 is 35.3 Å². The molecule has 0 saturated carbocycles. The van der Waals surface area contributed by atoms with E-state index in [1.807, 2.05) is 6.92 Å². The normalized spacial score (nSPS) is 10.7. The molecule has 0 aliphatic heterocycles. The minimum absolute atomic E-state index is 0.182. The van der Waals surface area contributed by atoms with E-state index in [0.29, 0.717) is 32.9 Å². The van der Waals surface area contributed by atoms with Crippen molar-refractivity contribution in [1.29, 1.82) is 0 Å². The highest BCUT2D eigenvalue weighted by atomic mass is 35.5. The number of benzene rings is 2. The molecular formula is C18H18Cl2N2O4. The van der Waals surface area contributed by atoms with Gasteiger partial charge in [-0.25, -0.2) is 5.43 Å². The summed E-state index contributed by atoms with van der Waals surface area (Å²) in [6.07, 6.45) is 1.41. The van der Waals surface area contributed by atoms with Crippen LogP contribution in [0, 0.1) is 6.92 Å². The average molecular weight is 397 g/mol. The Balaban J connectivity index is 1.93. The van der Waals surface area contributed by atoms with Crippen molar-refractivity contribution in [3.05, 3.63) is 51.5 Å². The number of halogens is 2. The van der Waals surface area contributed by atoms with Crippen LogP contribution in [0.4, 0.5) is 0 Å². The van der Waals surface area contributed by atoms with Crippen LogP contribution in [0.5, 0.6) is 17.2 Å². The molecule has 0 aliphatic rings. The highest BCUT2D eigenvalue weighted by molar-refractivity contribution is 6.33. The van der Waals surface area contributed by atoms with Crippen LogP contribution < -0.4 is 19.6 Å². The maximum Gasteiger partial charge on any atom is 0.277 e. The van der Waals surface area contributed by atoms with Gasteiger partial charge in [0.1, 0.15) is 5.75 Å². The predicted octanol–water partition coefficient (Wildman–Crippen LogP) is 3.85. The average Bonchev–Trinajstić information content (AvgIpc) is 2.63. The molecule has 1 N–H and O–H groups in total. The molecule has 6 nitrogen and oxygen atoms in total. The third kappa shape index (κ3) is 5.28. The molecule has 8 heteroatoms. The minimum Gasteiger partial charge on any atom is -0.493 e. The molecule has 0 unspecified atom stereocenters. The third-order valence-electron chi connectivity index (χ3n) is 3.40. The lowest BCUT2D eigenvalue weighted by Gasteiger charge is -2.09. The number of amides is 1. The number of aryl methyl sites for hydroxylation is 1. The van der Waals surface area contributed by atoms with Crippen LogP contribution in [0.15, 0.2) is 35.4 Å². The first-order valence-corrected chi connectivity index (χ1v) is 8.32. The van der Waals surface area contributed by atoms with E-state index in [0.717, 1.165) is 5.56 Å². The van der Waals surface area contributed by atoms with Crippen LogP contribution in [0.2, 0.25) is 10.0 Å². The third-order valence-corrected chi connectivity index (χ3v) is 4.15. The van der Waals surface area contributed by atoms with Crippen molar-refractivity contribution in [3.63, 3.8) is 0 Å². The van der Waals surface area contributed by atoms with Gasteiger partial charge in [0.15, 0.2) is 18.1 Å². The molecule has 1 amide bonds. The molecule has 138 valence electrons. The van der Waals surface area contributed by atoms with Gasteiger partial charge in [0, 0.05) is 16.7 Å². The van der Waals surface area contributed by atoms with E-state index in [-0.39, 0.29) is 6.61 Å². The van der Waals surface area contributed by atoms with Crippen molar-refractivity contribution in [3.8, 4) is 17.2 Å². The first-order valence-electron chi connectivity index (χ1n) is 7.57. The number of nitrogens with one attached hydrogen (secondary N) is 1. The molecule has 26 heavy (non-hydrogen) atoms. The molecule has 0 saturated heterocycles. The Bertz CT molecular complexity index is 825. The van der Waals surface area contributed by atoms with Gasteiger partial charge < -0.3 is 14.2 Å². The SMILES string of the molecule is COc1cc(Cl)c(/C=N/NC(=O)COc2ccc(Cl)c(C)c2)cc1OC. The Morgan fingerprint density at radius 2 is 1.81 bits per heavy atom. The molecule has 0 aromatic heterocycles. The number of methoxy groups -OCH3 is 2. The highest BCUT2D eigenvalue weighted by Gasteiger charge is 2.09. The summed E-state index contributed by atoms with van der Waals surface area (Å²) in [6.45, 7) is 1.67. The summed E-state index contributed by atoms with van der Waals surface area (Å²) in [6, 6.07) is 8.41. The molecule has 2 aromatic rings. The summed E-state index contributed by atoms with van der Waals surface area (Å²) in [5.41, 5.74) is 3.80. The summed E-state index contributed by atoms with van der Waals surface area (Å²) in [5, 5.41) is 4.92. The smallest absolute Gasteiger partial charge is 0.277 e. The van der Waals surface area contributed by atoms with Crippen LogP contribution in [0.3, 0.4) is 0 Å². The van der Waals surface area contributed by atoms with E-state index < -0.39 is 5.91 Å². The lowest BCUT2D eigenvalue weighted by molar-refractivity contribution is -0.123. The van der Waals surface area contributed by atoms with E-state index in [1.165, 1.54) is 20.4 Å². The molecular weight excluding hydrogens is 379 g/mol. The fourth-order valence-electron chi connectivity index (χ4n) is 2.03. The van der Waals surface area contributed by atoms with Gasteiger partial charge in [-0.05, 0) is 36.8 Å². The Hall–Kier alpha value is -2.44. The van der Waals surface area contributed by atoms with E-state index in [4.69, 9.17) is 37.4 Å². The summed E-state index contributed by atoms with van der Waals surface area (Å²) in [4.78, 5) is 11.8. The van der Waals surface area contributed by atoms with Crippen LogP contribution in [0.25, 0.3) is 0 Å². The maximum atomic E-state index is 11.8. The minimum atomic E-state index is -0.412.